The Morgan fingerprint density at radius 1 is 1.14 bits per heavy atom. The van der Waals surface area contributed by atoms with Gasteiger partial charge in [0.2, 0.25) is 0 Å². The number of nitrogen functional groups attached to an aromatic ring is 1. The number of nitrogens with zero attached hydrogens (tertiary/aromatic N) is 2. The lowest BCUT2D eigenvalue weighted by atomic mass is 10.1. The number of hydrogen-bond acceptors (Lipinski definition) is 5. The van der Waals surface area contributed by atoms with Gasteiger partial charge in [0, 0.05) is 18.0 Å². The van der Waals surface area contributed by atoms with E-state index in [2.05, 4.69) is 51.9 Å². The highest BCUT2D eigenvalue weighted by molar-refractivity contribution is 5.57. The van der Waals surface area contributed by atoms with Gasteiger partial charge in [-0.1, -0.05) is 24.3 Å². The molecule has 1 saturated carbocycles. The fourth-order valence-corrected chi connectivity index (χ4v) is 2.36. The smallest absolute Gasteiger partial charge is 0.148 e. The predicted molar refractivity (Wildman–Crippen MR) is 85.1 cm³/mol. The summed E-state index contributed by atoms with van der Waals surface area (Å²) in [4.78, 5) is 9.17. The van der Waals surface area contributed by atoms with Crippen molar-refractivity contribution < 1.29 is 0 Å². The number of nitrogens with two attached hydrogens (primary N) is 1. The molecule has 3 rings (SSSR count). The number of hydrogen-bond donors (Lipinski definition) is 3. The first kappa shape index (κ1) is 13.8. The second-order valence-corrected chi connectivity index (χ2v) is 5.60. The third kappa shape index (κ3) is 2.97. The van der Waals surface area contributed by atoms with Gasteiger partial charge in [-0.25, -0.2) is 15.8 Å². The molecule has 21 heavy (non-hydrogen) atoms. The third-order valence-corrected chi connectivity index (χ3v) is 3.95. The molecule has 110 valence electrons. The maximum atomic E-state index is 5.57. The third-order valence-electron chi connectivity index (χ3n) is 3.95. The van der Waals surface area contributed by atoms with E-state index in [1.165, 1.54) is 24.0 Å². The molecule has 4 N–H and O–H groups in total. The van der Waals surface area contributed by atoms with E-state index in [-0.39, 0.29) is 0 Å². The lowest BCUT2D eigenvalue weighted by Crippen LogP contribution is -2.15. The van der Waals surface area contributed by atoms with Gasteiger partial charge in [-0.15, -0.1) is 0 Å². The first-order valence-corrected chi connectivity index (χ1v) is 7.32. The first-order chi connectivity index (χ1) is 10.2. The van der Waals surface area contributed by atoms with Gasteiger partial charge in [-0.2, -0.15) is 0 Å². The summed E-state index contributed by atoms with van der Waals surface area (Å²) in [7, 11) is 0. The minimum Gasteiger partial charge on any atom is -0.366 e. The van der Waals surface area contributed by atoms with E-state index >= 15 is 0 Å². The Labute approximate surface area is 125 Å². The zero-order valence-corrected chi connectivity index (χ0v) is 12.5. The SMILES string of the molecule is Cc1ccccc1CNc1nc(C2CC2)nc(NN)c1C. The van der Waals surface area contributed by atoms with Crippen molar-refractivity contribution in [2.45, 2.75) is 39.2 Å². The number of rotatable bonds is 5. The van der Waals surface area contributed by atoms with Crippen LogP contribution in [0.2, 0.25) is 0 Å². The summed E-state index contributed by atoms with van der Waals surface area (Å²) in [5.74, 6) is 8.53. The molecule has 1 heterocycles. The Hall–Kier alpha value is -2.14. The van der Waals surface area contributed by atoms with Gasteiger partial charge in [-0.3, -0.25) is 0 Å². The average Bonchev–Trinajstić information content (AvgIpc) is 3.32. The van der Waals surface area contributed by atoms with Crippen LogP contribution >= 0.6 is 0 Å². The van der Waals surface area contributed by atoms with Gasteiger partial charge in [0.25, 0.3) is 0 Å². The van der Waals surface area contributed by atoms with Crippen molar-refractivity contribution in [3.63, 3.8) is 0 Å². The summed E-state index contributed by atoms with van der Waals surface area (Å²) in [6, 6.07) is 8.35. The van der Waals surface area contributed by atoms with Crippen LogP contribution in [-0.4, -0.2) is 9.97 Å². The molecule has 1 fully saturated rings. The maximum absolute atomic E-state index is 5.57. The molecule has 0 aliphatic heterocycles. The summed E-state index contributed by atoms with van der Waals surface area (Å²) in [6.45, 7) is 4.84. The Morgan fingerprint density at radius 2 is 1.86 bits per heavy atom. The highest BCUT2D eigenvalue weighted by atomic mass is 15.3. The van der Waals surface area contributed by atoms with Gasteiger partial charge in [0.05, 0.1) is 0 Å². The molecule has 0 saturated heterocycles. The van der Waals surface area contributed by atoms with Crippen LogP contribution in [-0.2, 0) is 6.54 Å². The Balaban J connectivity index is 1.84. The summed E-state index contributed by atoms with van der Waals surface area (Å²) in [5, 5.41) is 3.42. The molecule has 0 amide bonds. The van der Waals surface area contributed by atoms with Crippen molar-refractivity contribution in [3.05, 3.63) is 46.8 Å². The lowest BCUT2D eigenvalue weighted by molar-refractivity contribution is 0.910. The molecule has 1 aromatic heterocycles. The van der Waals surface area contributed by atoms with Gasteiger partial charge < -0.3 is 10.7 Å². The molecule has 1 aliphatic carbocycles. The highest BCUT2D eigenvalue weighted by Crippen LogP contribution is 2.39. The largest absolute Gasteiger partial charge is 0.366 e. The fraction of sp³-hybridized carbons (Fsp3) is 0.375. The van der Waals surface area contributed by atoms with Crippen LogP contribution in [0.1, 0.15) is 41.3 Å². The molecule has 5 nitrogen and oxygen atoms in total. The van der Waals surface area contributed by atoms with Crippen LogP contribution < -0.4 is 16.6 Å². The number of nitrogens with one attached hydrogen (secondary N) is 2. The van der Waals surface area contributed by atoms with Gasteiger partial charge in [0.1, 0.15) is 17.5 Å². The summed E-state index contributed by atoms with van der Waals surface area (Å²) < 4.78 is 0. The van der Waals surface area contributed by atoms with Crippen molar-refractivity contribution in [2.24, 2.45) is 5.84 Å². The standard InChI is InChI=1S/C16H21N5/c1-10-5-3-4-6-13(10)9-18-14-11(2)15(21-17)20-16(19-14)12-7-8-12/h3-6,12H,7-9,17H2,1-2H3,(H2,18,19,20,21). The normalized spacial score (nSPS) is 14.0. The van der Waals surface area contributed by atoms with Crippen LogP contribution in [0, 0.1) is 13.8 Å². The van der Waals surface area contributed by atoms with E-state index in [9.17, 15) is 0 Å². The zero-order valence-electron chi connectivity index (χ0n) is 12.5. The van der Waals surface area contributed by atoms with Crippen LogP contribution in [0.15, 0.2) is 24.3 Å². The summed E-state index contributed by atoms with van der Waals surface area (Å²) >= 11 is 0. The zero-order chi connectivity index (χ0) is 14.8. The van der Waals surface area contributed by atoms with Crippen LogP contribution in [0.3, 0.4) is 0 Å². The first-order valence-electron chi connectivity index (χ1n) is 7.32. The van der Waals surface area contributed by atoms with Gasteiger partial charge in [-0.05, 0) is 37.8 Å². The van der Waals surface area contributed by atoms with E-state index in [0.29, 0.717) is 11.7 Å². The second kappa shape index (κ2) is 5.69. The van der Waals surface area contributed by atoms with Crippen molar-refractivity contribution in [1.29, 1.82) is 0 Å². The van der Waals surface area contributed by atoms with E-state index in [1.807, 2.05) is 6.92 Å². The molecule has 2 aromatic rings. The van der Waals surface area contributed by atoms with E-state index in [0.717, 1.165) is 23.8 Å². The monoisotopic (exact) mass is 283 g/mol. The van der Waals surface area contributed by atoms with Crippen LogP contribution in [0.5, 0.6) is 0 Å². The molecule has 0 spiro atoms. The molecular weight excluding hydrogens is 262 g/mol. The summed E-state index contributed by atoms with van der Waals surface area (Å²) in [5.41, 5.74) is 6.17. The van der Waals surface area contributed by atoms with Gasteiger partial charge >= 0.3 is 0 Å². The van der Waals surface area contributed by atoms with E-state index < -0.39 is 0 Å². The van der Waals surface area contributed by atoms with Crippen molar-refractivity contribution in [1.82, 2.24) is 9.97 Å². The number of aromatic nitrogens is 2. The van der Waals surface area contributed by atoms with E-state index in [1.54, 1.807) is 0 Å². The van der Waals surface area contributed by atoms with Crippen molar-refractivity contribution in [2.75, 3.05) is 10.7 Å². The topological polar surface area (TPSA) is 75.9 Å². The lowest BCUT2D eigenvalue weighted by Gasteiger charge is -2.14. The Bertz CT molecular complexity index is 649. The Morgan fingerprint density at radius 3 is 2.52 bits per heavy atom. The van der Waals surface area contributed by atoms with E-state index in [4.69, 9.17) is 5.84 Å². The summed E-state index contributed by atoms with van der Waals surface area (Å²) in [6.07, 6.45) is 2.34. The number of hydrazine groups is 1. The molecular formula is C16H21N5. The van der Waals surface area contributed by atoms with Crippen LogP contribution in [0.4, 0.5) is 11.6 Å². The fourth-order valence-electron chi connectivity index (χ4n) is 2.36. The minimum absolute atomic E-state index is 0.497. The van der Waals surface area contributed by atoms with Gasteiger partial charge in [0.15, 0.2) is 0 Å². The second-order valence-electron chi connectivity index (χ2n) is 5.60. The van der Waals surface area contributed by atoms with Crippen LogP contribution in [0.25, 0.3) is 0 Å². The van der Waals surface area contributed by atoms with Crippen molar-refractivity contribution >= 4 is 11.6 Å². The number of aryl methyl sites for hydroxylation is 1. The van der Waals surface area contributed by atoms with Crippen molar-refractivity contribution in [3.8, 4) is 0 Å². The predicted octanol–water partition coefficient (Wildman–Crippen LogP) is 2.87. The number of benzene rings is 1. The molecule has 1 aliphatic rings. The number of anilines is 2. The molecule has 0 unspecified atom stereocenters. The molecule has 0 bridgehead atoms. The average molecular weight is 283 g/mol. The molecule has 0 atom stereocenters. The maximum Gasteiger partial charge on any atom is 0.148 e. The molecule has 0 radical (unpaired) electrons. The molecule has 5 heteroatoms. The quantitative estimate of drug-likeness (QED) is 0.581. The minimum atomic E-state index is 0.497. The molecule has 1 aromatic carbocycles. The Kier molecular flexibility index (Phi) is 3.75. The highest BCUT2D eigenvalue weighted by Gasteiger charge is 2.28.